The Labute approximate surface area is 177 Å². The molecule has 0 saturated carbocycles. The second-order valence-electron chi connectivity index (χ2n) is 5.93. The van der Waals surface area contributed by atoms with Crippen molar-refractivity contribution < 1.29 is 14.8 Å². The molecule has 0 fully saturated rings. The van der Waals surface area contributed by atoms with Crippen molar-refractivity contribution in [1.82, 2.24) is 5.32 Å². The highest BCUT2D eigenvalue weighted by Gasteiger charge is 2.15. The molecule has 4 N–H and O–H groups in total. The zero-order valence-electron chi connectivity index (χ0n) is 16.2. The van der Waals surface area contributed by atoms with E-state index >= 15 is 0 Å². The summed E-state index contributed by atoms with van der Waals surface area (Å²) in [5.74, 6) is -1.12. The largest absolute Gasteiger partial charge is 0.510 e. The maximum Gasteiger partial charge on any atom is 0.279 e. The minimum absolute atomic E-state index is 0.180. The van der Waals surface area contributed by atoms with E-state index in [4.69, 9.17) is 12.2 Å². The summed E-state index contributed by atoms with van der Waals surface area (Å²) < 4.78 is 0. The van der Waals surface area contributed by atoms with E-state index in [2.05, 4.69) is 26.2 Å². The molecule has 0 saturated heterocycles. The highest BCUT2D eigenvalue weighted by atomic mass is 32.1. The van der Waals surface area contributed by atoms with Crippen molar-refractivity contribution in [2.75, 3.05) is 17.2 Å². The number of allylic oxidation sites excluding steroid dienone is 1. The SMILES string of the molecule is CCNC(=S)Nc1cccc(N=NC(C(=O)Nc2cccc([N+](=O)[O-])c2)=C(C)O)c1. The minimum Gasteiger partial charge on any atom is -0.510 e. The minimum atomic E-state index is -0.762. The summed E-state index contributed by atoms with van der Waals surface area (Å²) in [6.45, 7) is 3.88. The molecule has 2 rings (SSSR count). The maximum absolute atomic E-state index is 12.5. The van der Waals surface area contributed by atoms with Gasteiger partial charge < -0.3 is 21.1 Å². The van der Waals surface area contributed by atoms with Crippen LogP contribution in [0, 0.1) is 10.1 Å². The molecular formula is C19H20N6O4S. The number of nitro benzene ring substituents is 1. The van der Waals surface area contributed by atoms with Gasteiger partial charge in [0.05, 0.1) is 10.6 Å². The van der Waals surface area contributed by atoms with Gasteiger partial charge in [-0.05, 0) is 50.3 Å². The number of carbonyl (C=O) groups excluding carboxylic acids is 1. The van der Waals surface area contributed by atoms with E-state index in [0.717, 1.165) is 0 Å². The predicted octanol–water partition coefficient (Wildman–Crippen LogP) is 4.41. The van der Waals surface area contributed by atoms with Crippen LogP contribution in [0.2, 0.25) is 0 Å². The van der Waals surface area contributed by atoms with Gasteiger partial charge >= 0.3 is 0 Å². The number of aliphatic hydroxyl groups excluding tert-OH is 1. The Kier molecular flexibility index (Phi) is 7.94. The summed E-state index contributed by atoms with van der Waals surface area (Å²) in [5.41, 5.74) is 0.765. The van der Waals surface area contributed by atoms with Gasteiger partial charge in [0.1, 0.15) is 5.76 Å². The van der Waals surface area contributed by atoms with Gasteiger partial charge in [0.25, 0.3) is 11.6 Å². The Morgan fingerprint density at radius 3 is 2.47 bits per heavy atom. The Morgan fingerprint density at radius 2 is 1.83 bits per heavy atom. The Hall–Kier alpha value is -3.86. The van der Waals surface area contributed by atoms with E-state index in [-0.39, 0.29) is 22.8 Å². The molecule has 2 aromatic carbocycles. The third-order valence-electron chi connectivity index (χ3n) is 3.58. The lowest BCUT2D eigenvalue weighted by Crippen LogP contribution is -2.27. The van der Waals surface area contributed by atoms with E-state index in [1.807, 2.05) is 6.92 Å². The van der Waals surface area contributed by atoms with Crippen LogP contribution in [-0.2, 0) is 4.79 Å². The highest BCUT2D eigenvalue weighted by Crippen LogP contribution is 2.21. The number of azo groups is 1. The van der Waals surface area contributed by atoms with Crippen molar-refractivity contribution in [2.24, 2.45) is 10.2 Å². The number of nitrogens with zero attached hydrogens (tertiary/aromatic N) is 3. The third kappa shape index (κ3) is 6.63. The van der Waals surface area contributed by atoms with Crippen LogP contribution in [0.4, 0.5) is 22.7 Å². The number of amides is 1. The Balaban J connectivity index is 2.16. The molecular weight excluding hydrogens is 408 g/mol. The van der Waals surface area contributed by atoms with E-state index in [1.54, 1.807) is 24.3 Å². The smallest absolute Gasteiger partial charge is 0.279 e. The summed E-state index contributed by atoms with van der Waals surface area (Å²) in [6.07, 6.45) is 0. The lowest BCUT2D eigenvalue weighted by molar-refractivity contribution is -0.384. The number of aliphatic hydroxyl groups is 1. The summed E-state index contributed by atoms with van der Waals surface area (Å²) in [6, 6.07) is 12.2. The monoisotopic (exact) mass is 428 g/mol. The lowest BCUT2D eigenvalue weighted by Gasteiger charge is -2.09. The lowest BCUT2D eigenvalue weighted by atomic mass is 10.2. The van der Waals surface area contributed by atoms with Crippen LogP contribution >= 0.6 is 12.2 Å². The fraction of sp³-hybridized carbons (Fsp3) is 0.158. The van der Waals surface area contributed by atoms with Gasteiger partial charge in [0.2, 0.25) is 0 Å². The Morgan fingerprint density at radius 1 is 1.17 bits per heavy atom. The molecule has 0 unspecified atom stereocenters. The zero-order chi connectivity index (χ0) is 22.1. The van der Waals surface area contributed by atoms with Gasteiger partial charge in [-0.1, -0.05) is 12.1 Å². The first-order chi connectivity index (χ1) is 14.3. The normalized spacial score (nSPS) is 11.5. The molecule has 0 bridgehead atoms. The van der Waals surface area contributed by atoms with Crippen LogP contribution in [0.3, 0.4) is 0 Å². The average molecular weight is 428 g/mol. The number of rotatable bonds is 7. The second kappa shape index (κ2) is 10.6. The van der Waals surface area contributed by atoms with Crippen LogP contribution in [0.1, 0.15) is 13.8 Å². The quantitative estimate of drug-likeness (QED) is 0.128. The highest BCUT2D eigenvalue weighted by molar-refractivity contribution is 7.80. The van der Waals surface area contributed by atoms with Crippen molar-refractivity contribution in [3.8, 4) is 0 Å². The number of carbonyl (C=O) groups is 1. The number of anilines is 2. The van der Waals surface area contributed by atoms with E-state index in [0.29, 0.717) is 23.0 Å². The molecule has 2 aromatic rings. The van der Waals surface area contributed by atoms with E-state index in [1.165, 1.54) is 31.2 Å². The number of thiocarbonyl (C=S) groups is 1. The molecule has 156 valence electrons. The van der Waals surface area contributed by atoms with Crippen molar-refractivity contribution in [1.29, 1.82) is 0 Å². The van der Waals surface area contributed by atoms with E-state index in [9.17, 15) is 20.0 Å². The molecule has 0 spiro atoms. The number of non-ortho nitro benzene ring substituents is 1. The number of hydrogen-bond acceptors (Lipinski definition) is 7. The fourth-order valence-electron chi connectivity index (χ4n) is 2.26. The average Bonchev–Trinajstić information content (AvgIpc) is 2.68. The summed E-state index contributed by atoms with van der Waals surface area (Å²) in [7, 11) is 0. The summed E-state index contributed by atoms with van der Waals surface area (Å²) >= 11 is 5.13. The molecule has 10 nitrogen and oxygen atoms in total. The summed E-state index contributed by atoms with van der Waals surface area (Å²) in [4.78, 5) is 22.7. The third-order valence-corrected chi connectivity index (χ3v) is 3.83. The van der Waals surface area contributed by atoms with Crippen molar-refractivity contribution in [3.05, 3.63) is 70.1 Å². The van der Waals surface area contributed by atoms with Gasteiger partial charge in [-0.15, -0.1) is 5.11 Å². The predicted molar refractivity (Wildman–Crippen MR) is 118 cm³/mol. The molecule has 1 amide bonds. The van der Waals surface area contributed by atoms with Crippen molar-refractivity contribution in [2.45, 2.75) is 13.8 Å². The molecule has 0 aliphatic carbocycles. The van der Waals surface area contributed by atoms with E-state index < -0.39 is 10.8 Å². The first-order valence-corrected chi connectivity index (χ1v) is 9.23. The number of hydrogen-bond donors (Lipinski definition) is 4. The van der Waals surface area contributed by atoms with Gasteiger partial charge in [0, 0.05) is 30.1 Å². The van der Waals surface area contributed by atoms with Gasteiger partial charge in [-0.2, -0.15) is 5.11 Å². The number of nitro groups is 1. The first kappa shape index (κ1) is 22.4. The first-order valence-electron chi connectivity index (χ1n) is 8.82. The van der Waals surface area contributed by atoms with Crippen molar-refractivity contribution in [3.63, 3.8) is 0 Å². The standard InChI is InChI=1S/C19H20N6O4S/c1-3-20-19(30)22-13-6-4-8-15(10-13)23-24-17(12(2)26)18(27)21-14-7-5-9-16(11-14)25(28)29/h4-11,26H,3H2,1-2H3,(H,21,27)(H2,20,22,30). The molecule has 30 heavy (non-hydrogen) atoms. The molecule has 0 radical (unpaired) electrons. The van der Waals surface area contributed by atoms with Gasteiger partial charge in [-0.25, -0.2) is 0 Å². The number of nitrogens with one attached hydrogen (secondary N) is 3. The van der Waals surface area contributed by atoms with Gasteiger partial charge in [0.15, 0.2) is 10.8 Å². The zero-order valence-corrected chi connectivity index (χ0v) is 17.1. The number of benzene rings is 2. The van der Waals surface area contributed by atoms with Crippen LogP contribution in [0.5, 0.6) is 0 Å². The van der Waals surface area contributed by atoms with Crippen LogP contribution in [0.25, 0.3) is 0 Å². The second-order valence-corrected chi connectivity index (χ2v) is 6.34. The fourth-order valence-corrected chi connectivity index (χ4v) is 2.52. The van der Waals surface area contributed by atoms with Crippen molar-refractivity contribution >= 4 is 46.0 Å². The molecule has 0 aliphatic rings. The summed E-state index contributed by atoms with van der Waals surface area (Å²) in [5, 5.41) is 37.4. The maximum atomic E-state index is 12.5. The molecule has 11 heteroatoms. The van der Waals surface area contributed by atoms with Crippen LogP contribution < -0.4 is 16.0 Å². The molecule has 0 aliphatic heterocycles. The molecule has 0 atom stereocenters. The molecule has 0 heterocycles. The molecule has 0 aromatic heterocycles. The van der Waals surface area contributed by atoms with Gasteiger partial charge in [-0.3, -0.25) is 14.9 Å². The van der Waals surface area contributed by atoms with Crippen LogP contribution in [-0.4, -0.2) is 27.6 Å². The van der Waals surface area contributed by atoms with Crippen LogP contribution in [0.15, 0.2) is 70.2 Å². The topological polar surface area (TPSA) is 141 Å². The Bertz CT molecular complexity index is 1020.